The second kappa shape index (κ2) is 12.0. The fourth-order valence-electron chi connectivity index (χ4n) is 5.35. The fraction of sp³-hybridized carbons (Fsp3) is 0.591. The average Bonchev–Trinajstić information content (AvgIpc) is 3.19. The summed E-state index contributed by atoms with van der Waals surface area (Å²) in [5.74, 6) is 0.409. The van der Waals surface area contributed by atoms with Crippen LogP contribution in [0.2, 0.25) is 13.1 Å². The van der Waals surface area contributed by atoms with Crippen LogP contribution in [-0.4, -0.2) is 24.8 Å². The zero-order chi connectivity index (χ0) is 16.7. The molecule has 0 aromatic carbocycles. The van der Waals surface area contributed by atoms with Gasteiger partial charge in [-0.25, -0.2) is 0 Å². The normalized spacial score (nSPS) is 26.7. The zero-order valence-electron chi connectivity index (χ0n) is 16.8. The van der Waals surface area contributed by atoms with E-state index in [0.717, 1.165) is 0 Å². The first-order valence-corrected chi connectivity index (χ1v) is 12.4. The van der Waals surface area contributed by atoms with Gasteiger partial charge >= 0.3 is 26.2 Å². The molecule has 0 spiro atoms. The van der Waals surface area contributed by atoms with E-state index in [2.05, 4.69) is 43.1 Å². The third-order valence-electron chi connectivity index (χ3n) is 6.36. The largest absolute Gasteiger partial charge is 3.00 e. The maximum Gasteiger partial charge on any atom is 3.00 e. The number of halogens is 3. The molecule has 4 rings (SSSR count). The summed E-state index contributed by atoms with van der Waals surface area (Å²) in [5, 5.41) is 12.1. The Bertz CT molecular complexity index is 657. The quantitative estimate of drug-likeness (QED) is 0.365. The predicted octanol–water partition coefficient (Wildman–Crippen LogP) is -4.02. The van der Waals surface area contributed by atoms with Crippen LogP contribution in [0.4, 0.5) is 0 Å². The molecule has 1 N–H and O–H groups in total. The van der Waals surface area contributed by atoms with Crippen LogP contribution in [0.15, 0.2) is 46.6 Å². The van der Waals surface area contributed by atoms with E-state index in [1.54, 1.807) is 11.1 Å². The zero-order valence-corrected chi connectivity index (χ0v) is 22.5. The van der Waals surface area contributed by atoms with Crippen molar-refractivity contribution in [3.8, 4) is 0 Å². The van der Waals surface area contributed by atoms with Crippen LogP contribution >= 0.6 is 0 Å². The molecule has 0 aromatic heterocycles. The molecule has 1 nitrogen and oxygen atoms in total. The van der Waals surface area contributed by atoms with E-state index in [4.69, 9.17) is 0 Å². The van der Waals surface area contributed by atoms with Crippen LogP contribution in [0.5, 0.6) is 0 Å². The Balaban J connectivity index is 0.00000182. The van der Waals surface area contributed by atoms with Gasteiger partial charge in [0.05, 0.1) is 5.60 Å². The maximum absolute atomic E-state index is 12.1. The molecule has 2 atom stereocenters. The Kier molecular flexibility index (Phi) is 12.3. The molecule has 6 heteroatoms. The molecule has 0 fully saturated rings. The van der Waals surface area contributed by atoms with Crippen molar-refractivity contribution in [2.75, 3.05) is 0 Å². The second-order valence-corrected chi connectivity index (χ2v) is 10.7. The van der Waals surface area contributed by atoms with E-state index in [1.807, 2.05) is 0 Å². The summed E-state index contributed by atoms with van der Waals surface area (Å²) in [4.78, 5) is 0. The molecule has 0 saturated carbocycles. The van der Waals surface area contributed by atoms with Crippen molar-refractivity contribution in [2.24, 2.45) is 11.8 Å². The van der Waals surface area contributed by atoms with Gasteiger partial charge in [0.1, 0.15) is 0 Å². The number of allylic oxidation sites excluding steroid dienone is 4. The van der Waals surface area contributed by atoms with Gasteiger partial charge in [-0.05, 0) is 62.5 Å². The average molecular weight is 536 g/mol. The Morgan fingerprint density at radius 1 is 0.821 bits per heavy atom. The van der Waals surface area contributed by atoms with Gasteiger partial charge in [0.25, 0.3) is 0 Å². The second-order valence-electron chi connectivity index (χ2n) is 8.30. The van der Waals surface area contributed by atoms with Gasteiger partial charge in [-0.1, -0.05) is 54.2 Å². The van der Waals surface area contributed by atoms with Gasteiger partial charge in [0.15, 0.2) is 0 Å². The first-order valence-electron chi connectivity index (χ1n) is 9.78. The predicted molar refractivity (Wildman–Crippen MR) is 105 cm³/mol. The molecule has 153 valence electrons. The summed E-state index contributed by atoms with van der Waals surface area (Å²) in [6, 6.07) is 0. The molecule has 4 aliphatic carbocycles. The molecule has 0 aliphatic heterocycles. The maximum atomic E-state index is 12.1. The number of hydrogen-bond acceptors (Lipinski definition) is 1. The molecule has 0 saturated heterocycles. The molecular weight excluding hydrogens is 506 g/mol. The van der Waals surface area contributed by atoms with Gasteiger partial charge in [-0.3, -0.25) is 0 Å². The Morgan fingerprint density at radius 3 is 1.61 bits per heavy atom. The van der Waals surface area contributed by atoms with E-state index < -0.39 is 14.0 Å². The minimum absolute atomic E-state index is 0. The smallest absolute Gasteiger partial charge is 1.00 e. The van der Waals surface area contributed by atoms with Crippen LogP contribution < -0.4 is 37.2 Å². The van der Waals surface area contributed by atoms with Crippen molar-refractivity contribution in [1.29, 1.82) is 0 Å². The van der Waals surface area contributed by atoms with Gasteiger partial charge in [-0.15, -0.1) is 0 Å². The van der Waals surface area contributed by atoms with Crippen molar-refractivity contribution < 1.29 is 68.5 Å². The van der Waals surface area contributed by atoms with Crippen LogP contribution in [0, 0.1) is 11.8 Å². The minimum Gasteiger partial charge on any atom is -1.00 e. The summed E-state index contributed by atoms with van der Waals surface area (Å²) >= 11 is 0. The molecular formula is C22H30Cl3OSiZr. The molecule has 0 bridgehead atoms. The van der Waals surface area contributed by atoms with Crippen LogP contribution in [0.1, 0.15) is 51.4 Å². The van der Waals surface area contributed by atoms with E-state index in [1.165, 1.54) is 62.5 Å². The topological polar surface area (TPSA) is 20.2 Å². The van der Waals surface area contributed by atoms with E-state index >= 15 is 0 Å². The van der Waals surface area contributed by atoms with Crippen molar-refractivity contribution >= 4 is 14.1 Å². The Hall–Kier alpha value is 0.760. The van der Waals surface area contributed by atoms with Gasteiger partial charge in [-0.2, -0.15) is 0 Å². The summed E-state index contributed by atoms with van der Waals surface area (Å²) in [5.41, 5.74) is 7.77. The fourth-order valence-corrected chi connectivity index (χ4v) is 6.64. The Morgan fingerprint density at radius 2 is 1.21 bits per heavy atom. The van der Waals surface area contributed by atoms with Crippen LogP contribution in [0.25, 0.3) is 0 Å². The van der Waals surface area contributed by atoms with Crippen molar-refractivity contribution in [3.63, 3.8) is 0 Å². The molecule has 28 heavy (non-hydrogen) atoms. The van der Waals surface area contributed by atoms with E-state index in [9.17, 15) is 5.11 Å². The molecule has 0 amide bonds. The number of hydrogen-bond donors (Lipinski definition) is 1. The molecule has 4 aliphatic rings. The Labute approximate surface area is 209 Å². The molecule has 2 unspecified atom stereocenters. The van der Waals surface area contributed by atoms with Gasteiger partial charge in [0.2, 0.25) is 0 Å². The summed E-state index contributed by atoms with van der Waals surface area (Å²) in [6.45, 7) is 4.61. The van der Waals surface area contributed by atoms with Crippen molar-refractivity contribution in [1.82, 2.24) is 0 Å². The summed E-state index contributed by atoms with van der Waals surface area (Å²) in [7, 11) is -0.626. The first kappa shape index (κ1) is 28.8. The van der Waals surface area contributed by atoms with Crippen LogP contribution in [-0.2, 0) is 26.2 Å². The third-order valence-corrected chi connectivity index (χ3v) is 7.40. The number of aliphatic hydroxyl groups is 1. The van der Waals surface area contributed by atoms with Gasteiger partial charge in [0, 0.05) is 20.2 Å². The van der Waals surface area contributed by atoms with Crippen molar-refractivity contribution in [2.45, 2.75) is 70.1 Å². The van der Waals surface area contributed by atoms with Crippen molar-refractivity contribution in [3.05, 3.63) is 46.6 Å². The minimum atomic E-state index is -0.715. The van der Waals surface area contributed by atoms with Crippen LogP contribution in [0.3, 0.4) is 0 Å². The molecule has 0 heterocycles. The van der Waals surface area contributed by atoms with E-state index in [-0.39, 0.29) is 75.3 Å². The first-order chi connectivity index (χ1) is 11.6. The van der Waals surface area contributed by atoms with E-state index in [0.29, 0.717) is 0 Å². The SMILES string of the molecule is C[Si](C)=CC(O)(C1C=CC2=C1CCCC2)C1C=CC2=C1CCCC2.[Cl-].[Cl-].[Cl-].[Zr+3]. The summed E-state index contributed by atoms with van der Waals surface area (Å²) < 4.78 is 0. The summed E-state index contributed by atoms with van der Waals surface area (Å²) in [6.07, 6.45) is 19.3. The monoisotopic (exact) mass is 533 g/mol. The van der Waals surface area contributed by atoms with Gasteiger partial charge < -0.3 is 42.3 Å². The molecule has 0 aromatic rings. The third kappa shape index (κ3) is 5.32. The molecule has 1 radical (unpaired) electrons. The standard InChI is InChI=1S/C22H30OSi.3ClH.Zr/c1-24(2)15-22(23,20-13-11-16-7-3-5-9-18(16)20)21-14-12-17-8-4-6-10-19(17)21;;;;/h11-15,20-21,23H,3-10H2,1-2H3;3*1H;/q;;;;+3/p-3. The number of rotatable bonds is 3.